The minimum absolute atomic E-state index is 0.0361. The Hall–Kier alpha value is -2.11. The number of carbonyl (C=O) groups is 2. The van der Waals surface area contributed by atoms with Crippen molar-refractivity contribution >= 4 is 11.9 Å². The lowest BCUT2D eigenvalue weighted by Crippen LogP contribution is -2.38. The number of aliphatic carboxylic acids is 1. The van der Waals surface area contributed by atoms with E-state index in [0.717, 1.165) is 0 Å². The van der Waals surface area contributed by atoms with Crippen molar-refractivity contribution in [2.75, 3.05) is 7.11 Å². The molecule has 1 fully saturated rings. The maximum Gasteiger partial charge on any atom is 0.326 e. The molecule has 1 unspecified atom stereocenters. The highest BCUT2D eigenvalue weighted by Crippen LogP contribution is 2.24. The van der Waals surface area contributed by atoms with Crippen LogP contribution in [-0.4, -0.2) is 35.0 Å². The number of carbonyl (C=O) groups excluding carboxylic acids is 1. The van der Waals surface area contributed by atoms with Crippen LogP contribution in [0.5, 0.6) is 5.75 Å². The van der Waals surface area contributed by atoms with E-state index in [1.54, 1.807) is 6.07 Å². The molecule has 0 spiro atoms. The molecule has 1 aromatic carbocycles. The van der Waals surface area contributed by atoms with Gasteiger partial charge in [0.2, 0.25) is 5.91 Å². The Kier molecular flexibility index (Phi) is 3.69. The zero-order valence-corrected chi connectivity index (χ0v) is 10.4. The highest BCUT2D eigenvalue weighted by Gasteiger charge is 2.36. The van der Waals surface area contributed by atoms with Gasteiger partial charge in [-0.2, -0.15) is 0 Å². The number of methoxy groups -OCH3 is 1. The van der Waals surface area contributed by atoms with E-state index in [2.05, 4.69) is 0 Å². The summed E-state index contributed by atoms with van der Waals surface area (Å²) in [6, 6.07) is 3.42. The summed E-state index contributed by atoms with van der Waals surface area (Å²) in [5.74, 6) is -1.45. The molecule has 0 aromatic heterocycles. The van der Waals surface area contributed by atoms with E-state index in [0.29, 0.717) is 5.75 Å². The fraction of sp³-hybridized carbons (Fsp3) is 0.385. The van der Waals surface area contributed by atoms with Gasteiger partial charge in [0.05, 0.1) is 7.11 Å². The van der Waals surface area contributed by atoms with E-state index in [9.17, 15) is 14.0 Å². The van der Waals surface area contributed by atoms with E-state index in [4.69, 9.17) is 9.84 Å². The maximum absolute atomic E-state index is 13.8. The van der Waals surface area contributed by atoms with Gasteiger partial charge in [-0.25, -0.2) is 9.18 Å². The molecule has 1 saturated heterocycles. The maximum atomic E-state index is 13.8. The highest BCUT2D eigenvalue weighted by molar-refractivity contribution is 5.87. The molecule has 1 aliphatic heterocycles. The van der Waals surface area contributed by atoms with Crippen molar-refractivity contribution in [1.82, 2.24) is 4.90 Å². The lowest BCUT2D eigenvalue weighted by molar-refractivity contribution is -0.146. The highest BCUT2D eigenvalue weighted by atomic mass is 19.1. The molecule has 5 nitrogen and oxygen atoms in total. The van der Waals surface area contributed by atoms with Crippen molar-refractivity contribution in [1.29, 1.82) is 0 Å². The molecule has 1 aromatic rings. The van der Waals surface area contributed by atoms with Crippen LogP contribution in [0.4, 0.5) is 4.39 Å². The molecular weight excluding hydrogens is 253 g/mol. The van der Waals surface area contributed by atoms with Gasteiger partial charge in [-0.1, -0.05) is 6.07 Å². The third-order valence-electron chi connectivity index (χ3n) is 3.21. The topological polar surface area (TPSA) is 66.8 Å². The van der Waals surface area contributed by atoms with Crippen molar-refractivity contribution in [2.24, 2.45) is 0 Å². The summed E-state index contributed by atoms with van der Waals surface area (Å²) in [4.78, 5) is 23.9. The van der Waals surface area contributed by atoms with Crippen LogP contribution < -0.4 is 4.74 Å². The van der Waals surface area contributed by atoms with E-state index in [1.165, 1.54) is 24.1 Å². The first-order valence-electron chi connectivity index (χ1n) is 5.87. The zero-order valence-electron chi connectivity index (χ0n) is 10.4. The van der Waals surface area contributed by atoms with Crippen LogP contribution in [0.25, 0.3) is 0 Å². The molecule has 1 heterocycles. The number of carboxylic acids is 1. The Morgan fingerprint density at radius 2 is 2.32 bits per heavy atom. The summed E-state index contributed by atoms with van der Waals surface area (Å²) in [7, 11) is 1.43. The zero-order chi connectivity index (χ0) is 14.0. The number of hydrogen-bond donors (Lipinski definition) is 1. The molecule has 1 amide bonds. The van der Waals surface area contributed by atoms with E-state index in [1.807, 2.05) is 0 Å². The summed E-state index contributed by atoms with van der Waals surface area (Å²) < 4.78 is 18.7. The van der Waals surface area contributed by atoms with Gasteiger partial charge in [0, 0.05) is 24.6 Å². The average Bonchev–Trinajstić information content (AvgIpc) is 2.73. The molecule has 0 aliphatic carbocycles. The Bertz CT molecular complexity index is 517. The fourth-order valence-corrected chi connectivity index (χ4v) is 2.16. The third kappa shape index (κ3) is 2.67. The Balaban J connectivity index is 2.20. The summed E-state index contributed by atoms with van der Waals surface area (Å²) >= 11 is 0. The molecule has 6 heteroatoms. The SMILES string of the molecule is COc1ccc(CN2C(=O)CCC2C(=O)O)c(F)c1. The van der Waals surface area contributed by atoms with Crippen LogP contribution in [0.2, 0.25) is 0 Å². The molecule has 2 rings (SSSR count). The number of likely N-dealkylation sites (tertiary alicyclic amines) is 1. The number of halogens is 1. The van der Waals surface area contributed by atoms with Crippen LogP contribution >= 0.6 is 0 Å². The van der Waals surface area contributed by atoms with Crippen molar-refractivity contribution in [3.63, 3.8) is 0 Å². The van der Waals surface area contributed by atoms with Gasteiger partial charge in [-0.15, -0.1) is 0 Å². The third-order valence-corrected chi connectivity index (χ3v) is 3.21. The minimum Gasteiger partial charge on any atom is -0.497 e. The number of hydrogen-bond acceptors (Lipinski definition) is 3. The first-order valence-corrected chi connectivity index (χ1v) is 5.87. The van der Waals surface area contributed by atoms with Crippen LogP contribution in [0, 0.1) is 5.82 Å². The first-order chi connectivity index (χ1) is 9.02. The Labute approximate surface area is 109 Å². The number of carboxylic acid groups (broad SMARTS) is 1. The molecule has 1 N–H and O–H groups in total. The van der Waals surface area contributed by atoms with Gasteiger partial charge in [-0.3, -0.25) is 4.79 Å². The van der Waals surface area contributed by atoms with Gasteiger partial charge in [0.1, 0.15) is 17.6 Å². The largest absolute Gasteiger partial charge is 0.497 e. The lowest BCUT2D eigenvalue weighted by Gasteiger charge is -2.22. The van der Waals surface area contributed by atoms with Crippen LogP contribution in [0.15, 0.2) is 18.2 Å². The minimum atomic E-state index is -1.06. The predicted octanol–water partition coefficient (Wildman–Crippen LogP) is 1.41. The smallest absolute Gasteiger partial charge is 0.326 e. The Morgan fingerprint density at radius 1 is 1.58 bits per heavy atom. The standard InChI is InChI=1S/C13H14FNO4/c1-19-9-3-2-8(10(14)6-9)7-15-11(13(17)18)4-5-12(15)16/h2-3,6,11H,4-5,7H2,1H3,(H,17,18). The Morgan fingerprint density at radius 3 is 2.89 bits per heavy atom. The average molecular weight is 267 g/mol. The van der Waals surface area contributed by atoms with Crippen molar-refractivity contribution in [3.8, 4) is 5.75 Å². The first kappa shape index (κ1) is 13.3. The summed E-state index contributed by atoms with van der Waals surface area (Å²) in [5, 5.41) is 9.02. The molecule has 102 valence electrons. The molecular formula is C13H14FNO4. The number of rotatable bonds is 4. The van der Waals surface area contributed by atoms with Gasteiger partial charge >= 0.3 is 5.97 Å². The molecule has 1 atom stereocenters. The summed E-state index contributed by atoms with van der Waals surface area (Å²) in [6.07, 6.45) is 0.459. The fourth-order valence-electron chi connectivity index (χ4n) is 2.16. The van der Waals surface area contributed by atoms with Crippen LogP contribution in [-0.2, 0) is 16.1 Å². The second-order valence-electron chi connectivity index (χ2n) is 4.37. The number of benzene rings is 1. The molecule has 0 bridgehead atoms. The predicted molar refractivity (Wildman–Crippen MR) is 64.2 cm³/mol. The van der Waals surface area contributed by atoms with Gasteiger partial charge in [-0.05, 0) is 12.5 Å². The van der Waals surface area contributed by atoms with Crippen molar-refractivity contribution in [3.05, 3.63) is 29.6 Å². The molecule has 0 saturated carbocycles. The quantitative estimate of drug-likeness (QED) is 0.895. The number of nitrogens with zero attached hydrogens (tertiary/aromatic N) is 1. The molecule has 0 radical (unpaired) electrons. The monoisotopic (exact) mass is 267 g/mol. The van der Waals surface area contributed by atoms with Crippen molar-refractivity contribution in [2.45, 2.75) is 25.4 Å². The number of ether oxygens (including phenoxy) is 1. The van der Waals surface area contributed by atoms with Crippen LogP contribution in [0.1, 0.15) is 18.4 Å². The van der Waals surface area contributed by atoms with Crippen LogP contribution in [0.3, 0.4) is 0 Å². The summed E-state index contributed by atoms with van der Waals surface area (Å²) in [5.41, 5.74) is 0.280. The van der Waals surface area contributed by atoms with E-state index in [-0.39, 0.29) is 30.9 Å². The molecule has 19 heavy (non-hydrogen) atoms. The number of amides is 1. The van der Waals surface area contributed by atoms with E-state index >= 15 is 0 Å². The second kappa shape index (κ2) is 5.26. The van der Waals surface area contributed by atoms with Gasteiger partial charge in [0.15, 0.2) is 0 Å². The lowest BCUT2D eigenvalue weighted by atomic mass is 10.1. The normalized spacial score (nSPS) is 18.7. The van der Waals surface area contributed by atoms with E-state index < -0.39 is 17.8 Å². The molecule has 1 aliphatic rings. The van der Waals surface area contributed by atoms with Gasteiger partial charge < -0.3 is 14.7 Å². The second-order valence-corrected chi connectivity index (χ2v) is 4.37. The van der Waals surface area contributed by atoms with Gasteiger partial charge in [0.25, 0.3) is 0 Å². The summed E-state index contributed by atoms with van der Waals surface area (Å²) in [6.45, 7) is -0.0361. The van der Waals surface area contributed by atoms with Crippen molar-refractivity contribution < 1.29 is 23.8 Å².